The standard InChI is InChI=1S/C24H21ClN4O2/c1-14-5-7-16(8-6-14)24(31)28-29-19-3-2-4-20(30)22(19)21(18(13-26)23(29)27)15-9-11-17(25)12-10-15/h5-12,21H,2-4,27H2,1H3,(H,28,31). The van der Waals surface area contributed by atoms with E-state index in [-0.39, 0.29) is 23.1 Å². The maximum Gasteiger partial charge on any atom is 0.270 e. The van der Waals surface area contributed by atoms with E-state index in [1.807, 2.05) is 19.1 Å². The van der Waals surface area contributed by atoms with Crippen molar-refractivity contribution in [2.75, 3.05) is 0 Å². The van der Waals surface area contributed by atoms with Crippen molar-refractivity contribution >= 4 is 23.3 Å². The summed E-state index contributed by atoms with van der Waals surface area (Å²) in [6.07, 6.45) is 1.61. The van der Waals surface area contributed by atoms with E-state index >= 15 is 0 Å². The van der Waals surface area contributed by atoms with Crippen molar-refractivity contribution in [2.45, 2.75) is 32.1 Å². The zero-order chi connectivity index (χ0) is 22.1. The Balaban J connectivity index is 1.79. The first-order valence-electron chi connectivity index (χ1n) is 10.00. The highest BCUT2D eigenvalue weighted by Gasteiger charge is 2.40. The van der Waals surface area contributed by atoms with Crippen LogP contribution in [0.2, 0.25) is 5.02 Å². The van der Waals surface area contributed by atoms with Gasteiger partial charge >= 0.3 is 0 Å². The number of nitrogens with zero attached hydrogens (tertiary/aromatic N) is 2. The number of hydrogen-bond acceptors (Lipinski definition) is 5. The minimum Gasteiger partial charge on any atom is -0.383 e. The van der Waals surface area contributed by atoms with E-state index in [1.165, 1.54) is 5.01 Å². The van der Waals surface area contributed by atoms with Gasteiger partial charge in [0.25, 0.3) is 5.91 Å². The lowest BCUT2D eigenvalue weighted by molar-refractivity contribution is -0.116. The molecule has 1 unspecified atom stereocenters. The van der Waals surface area contributed by atoms with Crippen molar-refractivity contribution in [1.29, 1.82) is 5.26 Å². The average Bonchev–Trinajstić information content (AvgIpc) is 2.76. The number of carbonyl (C=O) groups is 2. The number of hydrazine groups is 1. The smallest absolute Gasteiger partial charge is 0.270 e. The number of carbonyl (C=O) groups excluding carboxylic acids is 2. The molecule has 1 aliphatic heterocycles. The van der Waals surface area contributed by atoms with Crippen LogP contribution in [0.4, 0.5) is 0 Å². The van der Waals surface area contributed by atoms with Crippen LogP contribution < -0.4 is 11.2 Å². The number of benzene rings is 2. The Bertz CT molecular complexity index is 1160. The average molecular weight is 433 g/mol. The van der Waals surface area contributed by atoms with Crippen molar-refractivity contribution in [3.8, 4) is 6.07 Å². The predicted molar refractivity (Wildman–Crippen MR) is 117 cm³/mol. The number of halogens is 1. The van der Waals surface area contributed by atoms with E-state index in [1.54, 1.807) is 36.4 Å². The SMILES string of the molecule is Cc1ccc(C(=O)NN2C(N)=C(C#N)C(c3ccc(Cl)cc3)C3=C2CCCC3=O)cc1. The van der Waals surface area contributed by atoms with Crippen LogP contribution >= 0.6 is 11.6 Å². The Labute approximate surface area is 185 Å². The van der Waals surface area contributed by atoms with Gasteiger partial charge in [-0.05, 0) is 49.6 Å². The number of nitriles is 1. The number of rotatable bonds is 3. The molecule has 1 amide bonds. The van der Waals surface area contributed by atoms with E-state index in [2.05, 4.69) is 11.5 Å². The fourth-order valence-electron chi connectivity index (χ4n) is 4.07. The number of ketones is 1. The Morgan fingerprint density at radius 3 is 2.48 bits per heavy atom. The molecular formula is C24H21ClN4O2. The maximum atomic E-state index is 13.0. The van der Waals surface area contributed by atoms with Crippen molar-refractivity contribution in [2.24, 2.45) is 5.73 Å². The highest BCUT2D eigenvalue weighted by Crippen LogP contribution is 2.44. The van der Waals surface area contributed by atoms with Gasteiger partial charge < -0.3 is 5.73 Å². The molecule has 3 N–H and O–H groups in total. The monoisotopic (exact) mass is 432 g/mol. The second-order valence-corrected chi connectivity index (χ2v) is 8.11. The number of allylic oxidation sites excluding steroid dienone is 3. The Morgan fingerprint density at radius 1 is 1.16 bits per heavy atom. The van der Waals surface area contributed by atoms with Crippen molar-refractivity contribution in [1.82, 2.24) is 10.4 Å². The molecule has 2 aromatic rings. The zero-order valence-corrected chi connectivity index (χ0v) is 17.7. The highest BCUT2D eigenvalue weighted by molar-refractivity contribution is 6.30. The lowest BCUT2D eigenvalue weighted by Gasteiger charge is -2.39. The molecule has 1 aliphatic carbocycles. The van der Waals surface area contributed by atoms with Gasteiger partial charge in [0.2, 0.25) is 0 Å². The quantitative estimate of drug-likeness (QED) is 0.760. The lowest BCUT2D eigenvalue weighted by Crippen LogP contribution is -2.48. The summed E-state index contributed by atoms with van der Waals surface area (Å²) in [4.78, 5) is 25.9. The topological polar surface area (TPSA) is 99.2 Å². The maximum absolute atomic E-state index is 13.0. The Morgan fingerprint density at radius 2 is 1.84 bits per heavy atom. The van der Waals surface area contributed by atoms with Gasteiger partial charge in [0.15, 0.2) is 5.78 Å². The van der Waals surface area contributed by atoms with Gasteiger partial charge in [0, 0.05) is 28.3 Å². The van der Waals surface area contributed by atoms with Crippen LogP contribution in [0.3, 0.4) is 0 Å². The van der Waals surface area contributed by atoms with Crippen LogP contribution in [-0.4, -0.2) is 16.7 Å². The van der Waals surface area contributed by atoms with E-state index in [0.717, 1.165) is 11.1 Å². The third-order valence-electron chi connectivity index (χ3n) is 5.64. The van der Waals surface area contributed by atoms with Gasteiger partial charge in [-0.3, -0.25) is 15.0 Å². The van der Waals surface area contributed by atoms with E-state index in [9.17, 15) is 14.9 Å². The van der Waals surface area contributed by atoms with Crippen molar-refractivity contribution in [3.63, 3.8) is 0 Å². The summed E-state index contributed by atoms with van der Waals surface area (Å²) in [5, 5.41) is 11.9. The molecule has 0 spiro atoms. The lowest BCUT2D eigenvalue weighted by atomic mass is 9.76. The summed E-state index contributed by atoms with van der Waals surface area (Å²) in [5.74, 6) is -0.875. The number of nitrogens with one attached hydrogen (secondary N) is 1. The molecular weight excluding hydrogens is 412 g/mol. The molecule has 31 heavy (non-hydrogen) atoms. The second kappa shape index (κ2) is 8.29. The fraction of sp³-hybridized carbons (Fsp3) is 0.208. The van der Waals surface area contributed by atoms with Crippen LogP contribution in [0.1, 0.15) is 46.7 Å². The van der Waals surface area contributed by atoms with Crippen LogP contribution in [0, 0.1) is 18.3 Å². The molecule has 6 nitrogen and oxygen atoms in total. The first-order valence-corrected chi connectivity index (χ1v) is 10.4. The summed E-state index contributed by atoms with van der Waals surface area (Å²) in [6.45, 7) is 1.94. The highest BCUT2D eigenvalue weighted by atomic mass is 35.5. The summed E-state index contributed by atoms with van der Waals surface area (Å²) in [7, 11) is 0. The van der Waals surface area contributed by atoms with Gasteiger partial charge in [-0.1, -0.05) is 41.4 Å². The molecule has 1 heterocycles. The molecule has 156 valence electrons. The third-order valence-corrected chi connectivity index (χ3v) is 5.90. The number of amides is 1. The molecule has 2 aromatic carbocycles. The summed E-state index contributed by atoms with van der Waals surface area (Å²) in [6, 6.07) is 16.3. The van der Waals surface area contributed by atoms with E-state index < -0.39 is 5.92 Å². The molecule has 0 saturated heterocycles. The summed E-state index contributed by atoms with van der Waals surface area (Å²) < 4.78 is 0. The normalized spacial score (nSPS) is 18.5. The van der Waals surface area contributed by atoms with Crippen molar-refractivity contribution in [3.05, 3.63) is 92.9 Å². The Kier molecular flexibility index (Phi) is 5.53. The number of Topliss-reactive ketones (excluding diaryl/α,β-unsaturated/α-hetero) is 1. The molecule has 4 rings (SSSR count). The van der Waals surface area contributed by atoms with Gasteiger partial charge in [-0.2, -0.15) is 5.26 Å². The predicted octanol–water partition coefficient (Wildman–Crippen LogP) is 4.09. The minimum absolute atomic E-state index is 0.0453. The van der Waals surface area contributed by atoms with Crippen molar-refractivity contribution < 1.29 is 9.59 Å². The zero-order valence-electron chi connectivity index (χ0n) is 17.0. The molecule has 0 fully saturated rings. The molecule has 7 heteroatoms. The van der Waals surface area contributed by atoms with Gasteiger partial charge in [-0.25, -0.2) is 5.01 Å². The number of nitrogens with two attached hydrogens (primary N) is 1. The van der Waals surface area contributed by atoms with E-state index in [0.29, 0.717) is 41.1 Å². The van der Waals surface area contributed by atoms with Gasteiger partial charge in [0.1, 0.15) is 5.82 Å². The van der Waals surface area contributed by atoms with Crippen LogP contribution in [0.15, 0.2) is 71.2 Å². The second-order valence-electron chi connectivity index (χ2n) is 7.67. The van der Waals surface area contributed by atoms with Crippen LogP contribution in [-0.2, 0) is 4.79 Å². The van der Waals surface area contributed by atoms with Gasteiger partial charge in [-0.15, -0.1) is 0 Å². The van der Waals surface area contributed by atoms with Gasteiger partial charge in [0.05, 0.1) is 17.6 Å². The molecule has 2 aliphatic rings. The third kappa shape index (κ3) is 3.80. The molecule has 0 radical (unpaired) electrons. The summed E-state index contributed by atoms with van der Waals surface area (Å²) >= 11 is 6.03. The fourth-order valence-corrected chi connectivity index (χ4v) is 4.20. The Hall–Kier alpha value is -3.56. The largest absolute Gasteiger partial charge is 0.383 e. The molecule has 1 atom stereocenters. The first kappa shape index (κ1) is 20.7. The summed E-state index contributed by atoms with van der Waals surface area (Å²) in [5.41, 5.74) is 12.8. The number of hydrogen-bond donors (Lipinski definition) is 2. The first-order chi connectivity index (χ1) is 14.9. The number of aryl methyl sites for hydroxylation is 1. The van der Waals surface area contributed by atoms with E-state index in [4.69, 9.17) is 17.3 Å². The minimum atomic E-state index is -0.586. The molecule has 0 aromatic heterocycles. The molecule has 0 bridgehead atoms. The molecule has 0 saturated carbocycles. The van der Waals surface area contributed by atoms with Crippen LogP contribution in [0.5, 0.6) is 0 Å². The van der Waals surface area contributed by atoms with Crippen LogP contribution in [0.25, 0.3) is 0 Å².